The SMILES string of the molecule is CCNC(Cc1nccn1CC)C(C)c1ccccc1. The summed E-state index contributed by atoms with van der Waals surface area (Å²) in [5.74, 6) is 1.64. The van der Waals surface area contributed by atoms with Crippen LogP contribution in [-0.4, -0.2) is 22.1 Å². The molecule has 0 radical (unpaired) electrons. The normalized spacial score (nSPS) is 14.2. The molecule has 1 N–H and O–H groups in total. The predicted octanol–water partition coefficient (Wildman–Crippen LogP) is 3.23. The maximum atomic E-state index is 4.51. The van der Waals surface area contributed by atoms with Crippen LogP contribution in [0.4, 0.5) is 0 Å². The summed E-state index contributed by atoms with van der Waals surface area (Å²) in [6.45, 7) is 8.58. The fourth-order valence-electron chi connectivity index (χ4n) is 2.69. The van der Waals surface area contributed by atoms with Gasteiger partial charge in [0.1, 0.15) is 5.82 Å². The zero-order valence-electron chi connectivity index (χ0n) is 12.7. The lowest BCUT2D eigenvalue weighted by Gasteiger charge is -2.25. The molecule has 2 atom stereocenters. The van der Waals surface area contributed by atoms with Crippen molar-refractivity contribution in [1.82, 2.24) is 14.9 Å². The lowest BCUT2D eigenvalue weighted by atomic mass is 9.91. The molecule has 0 saturated carbocycles. The standard InChI is InChI=1S/C17H25N3/c1-4-18-16(13-17-19-11-12-20(17)5-2)14(3)15-9-7-6-8-10-15/h6-12,14,16,18H,4-5,13H2,1-3H3. The number of hydrogen-bond donors (Lipinski definition) is 1. The van der Waals surface area contributed by atoms with E-state index in [0.29, 0.717) is 12.0 Å². The third kappa shape index (κ3) is 3.48. The van der Waals surface area contributed by atoms with Gasteiger partial charge in [0.05, 0.1) is 0 Å². The number of nitrogens with one attached hydrogen (secondary N) is 1. The van der Waals surface area contributed by atoms with E-state index in [1.807, 2.05) is 6.20 Å². The Bertz CT molecular complexity index is 504. The summed E-state index contributed by atoms with van der Waals surface area (Å²) in [6.07, 6.45) is 4.92. The first kappa shape index (κ1) is 14.8. The molecule has 2 unspecified atom stereocenters. The minimum absolute atomic E-state index is 0.412. The number of aromatic nitrogens is 2. The average Bonchev–Trinajstić information content (AvgIpc) is 2.94. The predicted molar refractivity (Wildman–Crippen MR) is 83.9 cm³/mol. The van der Waals surface area contributed by atoms with Crippen LogP contribution in [0.15, 0.2) is 42.7 Å². The van der Waals surface area contributed by atoms with Gasteiger partial charge in [-0.1, -0.05) is 44.2 Å². The van der Waals surface area contributed by atoms with Gasteiger partial charge in [0.2, 0.25) is 0 Å². The summed E-state index contributed by atoms with van der Waals surface area (Å²) in [5, 5.41) is 3.62. The molecule has 0 amide bonds. The third-order valence-corrected chi connectivity index (χ3v) is 3.94. The second-order valence-electron chi connectivity index (χ2n) is 5.20. The number of imidazole rings is 1. The van der Waals surface area contributed by atoms with Crippen molar-refractivity contribution in [3.05, 3.63) is 54.1 Å². The summed E-state index contributed by atoms with van der Waals surface area (Å²) >= 11 is 0. The van der Waals surface area contributed by atoms with Crippen LogP contribution >= 0.6 is 0 Å². The molecule has 1 heterocycles. The van der Waals surface area contributed by atoms with Crippen molar-refractivity contribution in [3.8, 4) is 0 Å². The van der Waals surface area contributed by atoms with Gasteiger partial charge in [-0.15, -0.1) is 0 Å². The summed E-state index contributed by atoms with van der Waals surface area (Å²) in [7, 11) is 0. The summed E-state index contributed by atoms with van der Waals surface area (Å²) in [5.41, 5.74) is 1.38. The van der Waals surface area contributed by atoms with E-state index in [4.69, 9.17) is 0 Å². The number of hydrogen-bond acceptors (Lipinski definition) is 2. The molecule has 3 heteroatoms. The zero-order chi connectivity index (χ0) is 14.4. The van der Waals surface area contributed by atoms with Crippen molar-refractivity contribution >= 4 is 0 Å². The second-order valence-corrected chi connectivity index (χ2v) is 5.20. The molecule has 0 aliphatic rings. The highest BCUT2D eigenvalue weighted by atomic mass is 15.1. The van der Waals surface area contributed by atoms with E-state index in [0.717, 1.165) is 19.5 Å². The Labute approximate surface area is 122 Å². The third-order valence-electron chi connectivity index (χ3n) is 3.94. The van der Waals surface area contributed by atoms with Gasteiger partial charge < -0.3 is 9.88 Å². The molecule has 3 nitrogen and oxygen atoms in total. The van der Waals surface area contributed by atoms with Crippen LogP contribution in [-0.2, 0) is 13.0 Å². The molecule has 0 aliphatic carbocycles. The average molecular weight is 271 g/mol. The lowest BCUT2D eigenvalue weighted by Crippen LogP contribution is -2.36. The number of rotatable bonds is 7. The molecule has 0 aliphatic heterocycles. The highest BCUT2D eigenvalue weighted by molar-refractivity contribution is 5.21. The second kappa shape index (κ2) is 7.25. The van der Waals surface area contributed by atoms with Gasteiger partial charge in [-0.2, -0.15) is 0 Å². The molecule has 108 valence electrons. The highest BCUT2D eigenvalue weighted by Crippen LogP contribution is 2.21. The first-order chi connectivity index (χ1) is 9.76. The first-order valence-electron chi connectivity index (χ1n) is 7.54. The van der Waals surface area contributed by atoms with Gasteiger partial charge in [0.15, 0.2) is 0 Å². The van der Waals surface area contributed by atoms with E-state index in [1.165, 1.54) is 11.4 Å². The smallest absolute Gasteiger partial charge is 0.110 e. The highest BCUT2D eigenvalue weighted by Gasteiger charge is 2.20. The van der Waals surface area contributed by atoms with Crippen LogP contribution < -0.4 is 5.32 Å². The van der Waals surface area contributed by atoms with E-state index >= 15 is 0 Å². The molecule has 0 fully saturated rings. The topological polar surface area (TPSA) is 29.9 Å². The Balaban J connectivity index is 2.14. The van der Waals surface area contributed by atoms with Crippen molar-refractivity contribution < 1.29 is 0 Å². The van der Waals surface area contributed by atoms with Crippen molar-refractivity contribution in [3.63, 3.8) is 0 Å². The van der Waals surface area contributed by atoms with Gasteiger partial charge in [-0.25, -0.2) is 4.98 Å². The van der Waals surface area contributed by atoms with E-state index in [-0.39, 0.29) is 0 Å². The Hall–Kier alpha value is -1.61. The van der Waals surface area contributed by atoms with E-state index in [2.05, 4.69) is 72.2 Å². The van der Waals surface area contributed by atoms with Crippen LogP contribution in [0.1, 0.15) is 38.1 Å². The largest absolute Gasteiger partial charge is 0.335 e. The van der Waals surface area contributed by atoms with Crippen molar-refractivity contribution in [2.24, 2.45) is 0 Å². The maximum Gasteiger partial charge on any atom is 0.110 e. The minimum Gasteiger partial charge on any atom is -0.335 e. The fourth-order valence-corrected chi connectivity index (χ4v) is 2.69. The molecule has 0 spiro atoms. The van der Waals surface area contributed by atoms with Gasteiger partial charge in [-0.05, 0) is 24.9 Å². The molecule has 2 rings (SSSR count). The van der Waals surface area contributed by atoms with Gasteiger partial charge in [-0.3, -0.25) is 0 Å². The number of benzene rings is 1. The molecule has 1 aromatic heterocycles. The lowest BCUT2D eigenvalue weighted by molar-refractivity contribution is 0.443. The first-order valence-corrected chi connectivity index (χ1v) is 7.54. The molecule has 0 bridgehead atoms. The Kier molecular flexibility index (Phi) is 5.36. The van der Waals surface area contributed by atoms with E-state index in [9.17, 15) is 0 Å². The van der Waals surface area contributed by atoms with Crippen LogP contribution in [0.3, 0.4) is 0 Å². The van der Waals surface area contributed by atoms with Crippen LogP contribution in [0.5, 0.6) is 0 Å². The summed E-state index contributed by atoms with van der Waals surface area (Å²) in [6, 6.07) is 11.1. The fraction of sp³-hybridized carbons (Fsp3) is 0.471. The van der Waals surface area contributed by atoms with Crippen LogP contribution in [0.2, 0.25) is 0 Å². The van der Waals surface area contributed by atoms with Crippen molar-refractivity contribution in [1.29, 1.82) is 0 Å². The Morgan fingerprint density at radius 3 is 2.60 bits per heavy atom. The van der Waals surface area contributed by atoms with Crippen molar-refractivity contribution in [2.75, 3.05) is 6.54 Å². The minimum atomic E-state index is 0.412. The Morgan fingerprint density at radius 1 is 1.20 bits per heavy atom. The molecular weight excluding hydrogens is 246 g/mol. The monoisotopic (exact) mass is 271 g/mol. The maximum absolute atomic E-state index is 4.51. The van der Waals surface area contributed by atoms with Gasteiger partial charge in [0, 0.05) is 31.4 Å². The number of likely N-dealkylation sites (N-methyl/N-ethyl adjacent to an activating group) is 1. The van der Waals surface area contributed by atoms with Crippen LogP contribution in [0, 0.1) is 0 Å². The molecule has 20 heavy (non-hydrogen) atoms. The van der Waals surface area contributed by atoms with E-state index < -0.39 is 0 Å². The van der Waals surface area contributed by atoms with E-state index in [1.54, 1.807) is 0 Å². The van der Waals surface area contributed by atoms with Crippen LogP contribution in [0.25, 0.3) is 0 Å². The summed E-state index contributed by atoms with van der Waals surface area (Å²) in [4.78, 5) is 4.51. The summed E-state index contributed by atoms with van der Waals surface area (Å²) < 4.78 is 2.22. The molecule has 1 aromatic carbocycles. The molecule has 0 saturated heterocycles. The molecule has 2 aromatic rings. The number of nitrogens with zero attached hydrogens (tertiary/aromatic N) is 2. The van der Waals surface area contributed by atoms with Gasteiger partial charge in [0.25, 0.3) is 0 Å². The zero-order valence-corrected chi connectivity index (χ0v) is 12.7. The quantitative estimate of drug-likeness (QED) is 0.838. The van der Waals surface area contributed by atoms with Gasteiger partial charge >= 0.3 is 0 Å². The number of aryl methyl sites for hydroxylation is 1. The molecular formula is C17H25N3. The van der Waals surface area contributed by atoms with Crippen molar-refractivity contribution in [2.45, 2.75) is 45.7 Å². The Morgan fingerprint density at radius 2 is 1.95 bits per heavy atom.